The molecule has 1 aliphatic rings. The van der Waals surface area contributed by atoms with Crippen molar-refractivity contribution in [1.82, 2.24) is 4.31 Å². The predicted molar refractivity (Wildman–Crippen MR) is 121 cm³/mol. The van der Waals surface area contributed by atoms with Crippen LogP contribution in [0.5, 0.6) is 0 Å². The Morgan fingerprint density at radius 3 is 2.48 bits per heavy atom. The fourth-order valence-corrected chi connectivity index (χ4v) is 5.86. The van der Waals surface area contributed by atoms with E-state index in [2.05, 4.69) is 5.32 Å². The molecule has 4 aromatic rings. The largest absolute Gasteiger partial charge is 0.456 e. The second kappa shape index (κ2) is 7.51. The summed E-state index contributed by atoms with van der Waals surface area (Å²) < 4.78 is 33.4. The highest BCUT2D eigenvalue weighted by Crippen LogP contribution is 2.31. The number of benzene rings is 3. The van der Waals surface area contributed by atoms with Crippen LogP contribution in [0.15, 0.2) is 70.0 Å². The summed E-state index contributed by atoms with van der Waals surface area (Å²) in [6.45, 7) is 2.80. The Hall–Kier alpha value is -3.16. The lowest BCUT2D eigenvalue weighted by atomic mass is 10.1. The molecule has 1 saturated heterocycles. The molecule has 158 valence electrons. The molecule has 0 atom stereocenters. The van der Waals surface area contributed by atoms with Gasteiger partial charge in [-0.15, -0.1) is 0 Å². The first-order valence-corrected chi connectivity index (χ1v) is 11.7. The molecule has 5 rings (SSSR count). The maximum Gasteiger partial charge on any atom is 0.255 e. The van der Waals surface area contributed by atoms with Crippen molar-refractivity contribution in [2.75, 3.05) is 18.4 Å². The molecule has 1 aromatic heterocycles. The van der Waals surface area contributed by atoms with Crippen molar-refractivity contribution < 1.29 is 17.6 Å². The van der Waals surface area contributed by atoms with E-state index < -0.39 is 10.0 Å². The van der Waals surface area contributed by atoms with Crippen LogP contribution in [-0.4, -0.2) is 31.7 Å². The van der Waals surface area contributed by atoms with Crippen LogP contribution in [0, 0.1) is 6.92 Å². The van der Waals surface area contributed by atoms with Gasteiger partial charge >= 0.3 is 0 Å². The Labute approximate surface area is 180 Å². The summed E-state index contributed by atoms with van der Waals surface area (Å²) in [4.78, 5) is 13.1. The number of rotatable bonds is 4. The van der Waals surface area contributed by atoms with E-state index in [1.807, 2.05) is 36.4 Å². The van der Waals surface area contributed by atoms with Crippen LogP contribution < -0.4 is 5.32 Å². The van der Waals surface area contributed by atoms with Gasteiger partial charge in [-0.2, -0.15) is 4.31 Å². The molecule has 1 aliphatic heterocycles. The molecule has 6 nitrogen and oxygen atoms in total. The molecule has 2 heterocycles. The highest BCUT2D eigenvalue weighted by Gasteiger charge is 2.29. The van der Waals surface area contributed by atoms with Crippen molar-refractivity contribution in [2.24, 2.45) is 0 Å². The van der Waals surface area contributed by atoms with Crippen molar-refractivity contribution in [1.29, 1.82) is 0 Å². The first-order chi connectivity index (χ1) is 14.9. The summed E-state index contributed by atoms with van der Waals surface area (Å²) in [6, 6.07) is 18.1. The van der Waals surface area contributed by atoms with E-state index in [1.165, 1.54) is 10.4 Å². The number of hydrogen-bond donors (Lipinski definition) is 1. The minimum atomic E-state index is -3.60. The number of anilines is 1. The Kier molecular flexibility index (Phi) is 4.79. The van der Waals surface area contributed by atoms with Gasteiger partial charge in [-0.05, 0) is 55.7 Å². The van der Waals surface area contributed by atoms with Gasteiger partial charge in [0.15, 0.2) is 0 Å². The fourth-order valence-electron chi connectivity index (χ4n) is 4.09. The van der Waals surface area contributed by atoms with Gasteiger partial charge in [0.25, 0.3) is 5.91 Å². The second-order valence-corrected chi connectivity index (χ2v) is 9.76. The maximum atomic E-state index is 13.0. The third-order valence-electron chi connectivity index (χ3n) is 5.77. The molecule has 0 spiro atoms. The highest BCUT2D eigenvalue weighted by atomic mass is 32.2. The number of fused-ring (bicyclic) bond motifs is 3. The number of nitrogens with one attached hydrogen (secondary N) is 1. The SMILES string of the molecule is Cc1ccc(C(=O)Nc2ccc3c(c2)oc2ccccc23)cc1S(=O)(=O)N1CCCC1. The van der Waals surface area contributed by atoms with Gasteiger partial charge in [-0.25, -0.2) is 8.42 Å². The zero-order valence-electron chi connectivity index (χ0n) is 17.1. The number of amides is 1. The first-order valence-electron chi connectivity index (χ1n) is 10.3. The molecular weight excluding hydrogens is 412 g/mol. The molecule has 0 bridgehead atoms. The van der Waals surface area contributed by atoms with E-state index in [0.717, 1.165) is 29.2 Å². The lowest BCUT2D eigenvalue weighted by Crippen LogP contribution is -2.28. The third kappa shape index (κ3) is 3.49. The van der Waals surface area contributed by atoms with Gasteiger partial charge in [0, 0.05) is 41.2 Å². The number of aryl methyl sites for hydroxylation is 1. The number of furan rings is 1. The smallest absolute Gasteiger partial charge is 0.255 e. The van der Waals surface area contributed by atoms with E-state index in [0.29, 0.717) is 35.5 Å². The number of carbonyl (C=O) groups is 1. The number of para-hydroxylation sites is 1. The van der Waals surface area contributed by atoms with Gasteiger partial charge in [0.1, 0.15) is 11.2 Å². The number of sulfonamides is 1. The molecule has 0 radical (unpaired) electrons. The van der Waals surface area contributed by atoms with Crippen LogP contribution in [0.3, 0.4) is 0 Å². The van der Waals surface area contributed by atoms with E-state index in [-0.39, 0.29) is 10.8 Å². The summed E-state index contributed by atoms with van der Waals surface area (Å²) >= 11 is 0. The maximum absolute atomic E-state index is 13.0. The quantitative estimate of drug-likeness (QED) is 0.494. The molecule has 0 unspecified atom stereocenters. The molecule has 1 amide bonds. The number of carbonyl (C=O) groups excluding carboxylic acids is 1. The minimum Gasteiger partial charge on any atom is -0.456 e. The molecule has 0 saturated carbocycles. The van der Waals surface area contributed by atoms with Gasteiger partial charge in [0.2, 0.25) is 10.0 Å². The third-order valence-corrected chi connectivity index (χ3v) is 7.81. The van der Waals surface area contributed by atoms with Crippen LogP contribution in [0.25, 0.3) is 21.9 Å². The Balaban J connectivity index is 1.44. The molecule has 1 N–H and O–H groups in total. The van der Waals surface area contributed by atoms with E-state index in [9.17, 15) is 13.2 Å². The van der Waals surface area contributed by atoms with Gasteiger partial charge in [0.05, 0.1) is 4.90 Å². The van der Waals surface area contributed by atoms with Crippen LogP contribution in [0.4, 0.5) is 5.69 Å². The number of hydrogen-bond acceptors (Lipinski definition) is 4. The summed E-state index contributed by atoms with van der Waals surface area (Å²) in [6.07, 6.45) is 1.73. The lowest BCUT2D eigenvalue weighted by Gasteiger charge is -2.17. The molecule has 3 aromatic carbocycles. The van der Waals surface area contributed by atoms with Crippen LogP contribution in [0.2, 0.25) is 0 Å². The fraction of sp³-hybridized carbons (Fsp3) is 0.208. The van der Waals surface area contributed by atoms with Crippen LogP contribution in [0.1, 0.15) is 28.8 Å². The molecule has 7 heteroatoms. The summed E-state index contributed by atoms with van der Waals surface area (Å²) in [5.41, 5.74) is 2.98. The predicted octanol–water partition coefficient (Wildman–Crippen LogP) is 4.93. The molecular formula is C24H22N2O4S. The van der Waals surface area contributed by atoms with Gasteiger partial charge < -0.3 is 9.73 Å². The van der Waals surface area contributed by atoms with E-state index in [4.69, 9.17) is 4.42 Å². The zero-order valence-corrected chi connectivity index (χ0v) is 17.9. The average molecular weight is 435 g/mol. The first kappa shape index (κ1) is 19.8. The summed E-state index contributed by atoms with van der Waals surface area (Å²) in [5, 5.41) is 4.85. The molecule has 1 fully saturated rings. The molecule has 0 aliphatic carbocycles. The Bertz CT molecular complexity index is 1420. The monoisotopic (exact) mass is 434 g/mol. The van der Waals surface area contributed by atoms with Crippen LogP contribution in [-0.2, 0) is 10.0 Å². The molecule has 31 heavy (non-hydrogen) atoms. The number of nitrogens with zero attached hydrogens (tertiary/aromatic N) is 1. The van der Waals surface area contributed by atoms with Crippen LogP contribution >= 0.6 is 0 Å². The average Bonchev–Trinajstić information content (AvgIpc) is 3.42. The van der Waals surface area contributed by atoms with Crippen molar-refractivity contribution in [3.63, 3.8) is 0 Å². The van der Waals surface area contributed by atoms with E-state index >= 15 is 0 Å². The van der Waals surface area contributed by atoms with Crippen molar-refractivity contribution >= 4 is 43.6 Å². The Morgan fingerprint density at radius 1 is 0.935 bits per heavy atom. The standard InChI is InChI=1S/C24H22N2O4S/c1-16-8-9-17(14-23(16)31(28,29)26-12-4-5-13-26)24(27)25-18-10-11-20-19-6-2-3-7-21(19)30-22(20)15-18/h2-3,6-11,14-15H,4-5,12-13H2,1H3,(H,25,27). The summed E-state index contributed by atoms with van der Waals surface area (Å²) in [7, 11) is -3.60. The van der Waals surface area contributed by atoms with Crippen molar-refractivity contribution in [2.45, 2.75) is 24.7 Å². The zero-order chi connectivity index (χ0) is 21.6. The Morgan fingerprint density at radius 2 is 1.68 bits per heavy atom. The minimum absolute atomic E-state index is 0.190. The van der Waals surface area contributed by atoms with Gasteiger partial charge in [-0.1, -0.05) is 24.3 Å². The summed E-state index contributed by atoms with van der Waals surface area (Å²) in [5.74, 6) is -0.367. The van der Waals surface area contributed by atoms with Crippen molar-refractivity contribution in [3.8, 4) is 0 Å². The van der Waals surface area contributed by atoms with Crippen molar-refractivity contribution in [3.05, 3.63) is 71.8 Å². The van der Waals surface area contributed by atoms with Gasteiger partial charge in [-0.3, -0.25) is 4.79 Å². The highest BCUT2D eigenvalue weighted by molar-refractivity contribution is 7.89. The topological polar surface area (TPSA) is 79.6 Å². The second-order valence-electron chi connectivity index (χ2n) is 7.85. The normalized spacial score (nSPS) is 15.0. The van der Waals surface area contributed by atoms with E-state index in [1.54, 1.807) is 25.1 Å². The lowest BCUT2D eigenvalue weighted by molar-refractivity contribution is 0.102.